The SMILES string of the molecule is CN(c1cnn(C2CC2)c1)C1CN(c2nc(-c3ccc(F)cc3F)c3nc(C(F)(F)F)n(C)c(=O)c3n2)C1. The Bertz CT molecular complexity index is 1620. The molecule has 1 saturated heterocycles. The maximum absolute atomic E-state index is 14.8. The number of benzene rings is 1. The molecular formula is C24H21F5N8O. The van der Waals surface area contributed by atoms with Crippen molar-refractivity contribution >= 4 is 22.7 Å². The van der Waals surface area contributed by atoms with Crippen molar-refractivity contribution in [2.45, 2.75) is 31.1 Å². The van der Waals surface area contributed by atoms with E-state index in [0.717, 1.165) is 37.7 Å². The molecule has 6 rings (SSSR count). The van der Waals surface area contributed by atoms with E-state index in [9.17, 15) is 26.7 Å². The van der Waals surface area contributed by atoms with E-state index in [1.54, 1.807) is 11.1 Å². The van der Waals surface area contributed by atoms with Crippen LogP contribution >= 0.6 is 0 Å². The van der Waals surface area contributed by atoms with Crippen LogP contribution in [-0.2, 0) is 13.2 Å². The highest BCUT2D eigenvalue weighted by atomic mass is 19.4. The lowest BCUT2D eigenvalue weighted by atomic mass is 10.1. The lowest BCUT2D eigenvalue weighted by Crippen LogP contribution is -2.59. The third-order valence-corrected chi connectivity index (χ3v) is 6.96. The van der Waals surface area contributed by atoms with Crippen LogP contribution < -0.4 is 15.4 Å². The van der Waals surface area contributed by atoms with Gasteiger partial charge in [0.1, 0.15) is 22.8 Å². The molecule has 3 aromatic heterocycles. The fourth-order valence-corrected chi connectivity index (χ4v) is 4.52. The Morgan fingerprint density at radius 3 is 2.45 bits per heavy atom. The molecule has 1 saturated carbocycles. The first-order chi connectivity index (χ1) is 18.0. The molecule has 4 heterocycles. The Morgan fingerprint density at radius 1 is 1.05 bits per heavy atom. The monoisotopic (exact) mass is 532 g/mol. The Morgan fingerprint density at radius 2 is 1.79 bits per heavy atom. The van der Waals surface area contributed by atoms with E-state index in [1.165, 1.54) is 0 Å². The summed E-state index contributed by atoms with van der Waals surface area (Å²) in [5, 5.41) is 4.40. The average Bonchev–Trinajstić information content (AvgIpc) is 3.55. The van der Waals surface area contributed by atoms with E-state index < -0.39 is 40.2 Å². The average molecular weight is 532 g/mol. The second-order valence-corrected chi connectivity index (χ2v) is 9.57. The Balaban J connectivity index is 1.40. The molecule has 1 aliphatic heterocycles. The molecule has 4 aromatic rings. The molecule has 2 aliphatic rings. The summed E-state index contributed by atoms with van der Waals surface area (Å²) in [5.41, 5.74) is -1.66. The van der Waals surface area contributed by atoms with Gasteiger partial charge >= 0.3 is 6.18 Å². The second kappa shape index (κ2) is 8.46. The summed E-state index contributed by atoms with van der Waals surface area (Å²) in [6.07, 6.45) is 1.03. The quantitative estimate of drug-likeness (QED) is 0.364. The highest BCUT2D eigenvalue weighted by Gasteiger charge is 2.38. The van der Waals surface area contributed by atoms with Crippen LogP contribution in [0.2, 0.25) is 0 Å². The first-order valence-electron chi connectivity index (χ1n) is 11.8. The number of fused-ring (bicyclic) bond motifs is 1. The summed E-state index contributed by atoms with van der Waals surface area (Å²) < 4.78 is 71.4. The van der Waals surface area contributed by atoms with Gasteiger partial charge in [-0.05, 0) is 25.0 Å². The summed E-state index contributed by atoms with van der Waals surface area (Å²) >= 11 is 0. The van der Waals surface area contributed by atoms with Crippen molar-refractivity contribution in [2.75, 3.05) is 29.9 Å². The van der Waals surface area contributed by atoms with Gasteiger partial charge in [-0.1, -0.05) is 0 Å². The first kappa shape index (κ1) is 24.2. The Labute approximate surface area is 212 Å². The number of halogens is 5. The predicted molar refractivity (Wildman–Crippen MR) is 128 cm³/mol. The van der Waals surface area contributed by atoms with Crippen LogP contribution in [0.15, 0.2) is 35.4 Å². The molecule has 9 nitrogen and oxygen atoms in total. The summed E-state index contributed by atoms with van der Waals surface area (Å²) in [6, 6.07) is 3.08. The maximum Gasteiger partial charge on any atom is 0.449 e. The molecule has 38 heavy (non-hydrogen) atoms. The smallest absolute Gasteiger partial charge is 0.366 e. The minimum absolute atomic E-state index is 0.0354. The van der Waals surface area contributed by atoms with Crippen LogP contribution in [0.1, 0.15) is 24.7 Å². The fourth-order valence-electron chi connectivity index (χ4n) is 4.52. The lowest BCUT2D eigenvalue weighted by Gasteiger charge is -2.44. The molecule has 0 bridgehead atoms. The van der Waals surface area contributed by atoms with Gasteiger partial charge in [-0.15, -0.1) is 0 Å². The van der Waals surface area contributed by atoms with Crippen molar-refractivity contribution in [1.82, 2.24) is 29.3 Å². The number of aromatic nitrogens is 6. The molecule has 0 amide bonds. The second-order valence-electron chi connectivity index (χ2n) is 9.57. The maximum atomic E-state index is 14.8. The van der Waals surface area contributed by atoms with Crippen molar-refractivity contribution in [2.24, 2.45) is 7.05 Å². The normalized spacial score (nSPS) is 16.2. The van der Waals surface area contributed by atoms with Crippen LogP contribution in [-0.4, -0.2) is 55.5 Å². The van der Waals surface area contributed by atoms with Crippen LogP contribution in [0.4, 0.5) is 33.6 Å². The minimum Gasteiger partial charge on any atom is -0.366 e. The number of anilines is 2. The molecule has 2 fully saturated rings. The predicted octanol–water partition coefficient (Wildman–Crippen LogP) is 3.54. The molecule has 0 N–H and O–H groups in total. The van der Waals surface area contributed by atoms with Crippen molar-refractivity contribution in [3.05, 3.63) is 58.4 Å². The van der Waals surface area contributed by atoms with Crippen LogP contribution in [0.25, 0.3) is 22.3 Å². The number of alkyl halides is 3. The van der Waals surface area contributed by atoms with Gasteiger partial charge in [0.25, 0.3) is 5.56 Å². The third kappa shape index (κ3) is 4.03. The Kier molecular flexibility index (Phi) is 5.40. The summed E-state index contributed by atoms with van der Waals surface area (Å²) in [5.74, 6) is -3.37. The molecule has 14 heteroatoms. The van der Waals surface area contributed by atoms with Crippen molar-refractivity contribution in [3.63, 3.8) is 0 Å². The molecule has 0 spiro atoms. The largest absolute Gasteiger partial charge is 0.449 e. The molecule has 0 atom stereocenters. The summed E-state index contributed by atoms with van der Waals surface area (Å²) in [7, 11) is 2.86. The van der Waals surface area contributed by atoms with Gasteiger partial charge in [0.2, 0.25) is 11.8 Å². The van der Waals surface area contributed by atoms with Crippen molar-refractivity contribution in [3.8, 4) is 11.3 Å². The molecule has 1 aliphatic carbocycles. The lowest BCUT2D eigenvalue weighted by molar-refractivity contribution is -0.147. The zero-order valence-electron chi connectivity index (χ0n) is 20.2. The highest BCUT2D eigenvalue weighted by Crippen LogP contribution is 2.36. The molecule has 0 radical (unpaired) electrons. The van der Waals surface area contributed by atoms with Gasteiger partial charge in [-0.3, -0.25) is 14.0 Å². The van der Waals surface area contributed by atoms with Gasteiger partial charge in [0, 0.05) is 45.0 Å². The van der Waals surface area contributed by atoms with Crippen molar-refractivity contribution in [1.29, 1.82) is 0 Å². The molecule has 0 unspecified atom stereocenters. The van der Waals surface area contributed by atoms with E-state index in [-0.39, 0.29) is 23.2 Å². The van der Waals surface area contributed by atoms with E-state index in [0.29, 0.717) is 29.8 Å². The van der Waals surface area contributed by atoms with Gasteiger partial charge < -0.3 is 9.80 Å². The zero-order valence-corrected chi connectivity index (χ0v) is 20.2. The van der Waals surface area contributed by atoms with Gasteiger partial charge in [0.15, 0.2) is 5.52 Å². The van der Waals surface area contributed by atoms with Crippen LogP contribution in [0.3, 0.4) is 0 Å². The van der Waals surface area contributed by atoms with Gasteiger partial charge in [-0.25, -0.2) is 23.7 Å². The fraction of sp³-hybridized carbons (Fsp3) is 0.375. The minimum atomic E-state index is -4.96. The number of likely N-dealkylation sites (N-methyl/N-ethyl adjacent to an activating group) is 1. The summed E-state index contributed by atoms with van der Waals surface area (Å²) in [6.45, 7) is 0.882. The van der Waals surface area contributed by atoms with Gasteiger partial charge in [0.05, 0.1) is 24.0 Å². The first-order valence-corrected chi connectivity index (χ1v) is 11.8. The summed E-state index contributed by atoms with van der Waals surface area (Å²) in [4.78, 5) is 28.9. The molecule has 198 valence electrons. The van der Waals surface area contributed by atoms with E-state index >= 15 is 0 Å². The third-order valence-electron chi connectivity index (χ3n) is 6.96. The number of hydrogen-bond donors (Lipinski definition) is 0. The van der Waals surface area contributed by atoms with Crippen LogP contribution in [0, 0.1) is 11.6 Å². The highest BCUT2D eigenvalue weighted by molar-refractivity contribution is 5.89. The number of hydrogen-bond acceptors (Lipinski definition) is 7. The number of rotatable bonds is 5. The topological polar surface area (TPSA) is 85.0 Å². The molecule has 1 aromatic carbocycles. The standard InChI is InChI=1S/C24H21F5N8O/c1-34(14-8-30-37(11-14)13-4-5-13)15-9-36(10-15)23-32-18(16-6-3-12(25)7-17(16)26)19-20(33-23)21(38)35(2)22(31-19)24(27,28)29/h3,6-8,11,13,15H,4-5,9-10H2,1-2H3. The van der Waals surface area contributed by atoms with E-state index in [4.69, 9.17) is 0 Å². The van der Waals surface area contributed by atoms with E-state index in [2.05, 4.69) is 25.0 Å². The zero-order chi connectivity index (χ0) is 26.9. The number of nitrogens with zero attached hydrogens (tertiary/aromatic N) is 8. The Hall–Kier alpha value is -4.10. The molecular weight excluding hydrogens is 511 g/mol. The van der Waals surface area contributed by atoms with Gasteiger partial charge in [-0.2, -0.15) is 18.3 Å². The van der Waals surface area contributed by atoms with Crippen LogP contribution in [0.5, 0.6) is 0 Å². The van der Waals surface area contributed by atoms with Crippen molar-refractivity contribution < 1.29 is 22.0 Å². The van der Waals surface area contributed by atoms with E-state index in [1.807, 2.05) is 17.9 Å².